The van der Waals surface area contributed by atoms with Crippen molar-refractivity contribution >= 4 is 17.3 Å². The Balaban J connectivity index is 2.16. The van der Waals surface area contributed by atoms with Gasteiger partial charge in [-0.1, -0.05) is 6.07 Å². The van der Waals surface area contributed by atoms with Crippen molar-refractivity contribution in [1.29, 1.82) is 0 Å². The first-order valence-corrected chi connectivity index (χ1v) is 7.85. The van der Waals surface area contributed by atoms with E-state index in [9.17, 15) is 27.9 Å². The normalized spacial score (nSPS) is 28.5. The first-order chi connectivity index (χ1) is 11.5. The first kappa shape index (κ1) is 17.7. The lowest BCUT2D eigenvalue weighted by atomic mass is 9.87. The lowest BCUT2D eigenvalue weighted by molar-refractivity contribution is -0.151. The van der Waals surface area contributed by atoms with Gasteiger partial charge in [0, 0.05) is 5.56 Å². The average molecular weight is 354 g/mol. The number of aliphatic hydroxyl groups is 1. The van der Waals surface area contributed by atoms with Crippen LogP contribution in [0.2, 0.25) is 0 Å². The van der Waals surface area contributed by atoms with Crippen LogP contribution in [0.15, 0.2) is 17.7 Å². The van der Waals surface area contributed by atoms with Gasteiger partial charge < -0.3 is 9.84 Å². The Kier molecular flexibility index (Phi) is 3.83. The Morgan fingerprint density at radius 2 is 1.88 bits per heavy atom. The Labute approximate surface area is 142 Å². The molecule has 3 rings (SSSR count). The minimum Gasteiger partial charge on any atom is -0.506 e. The van der Waals surface area contributed by atoms with E-state index in [-0.39, 0.29) is 22.3 Å². The highest BCUT2D eigenvalue weighted by molar-refractivity contribution is 6.30. The van der Waals surface area contributed by atoms with Crippen LogP contribution in [0.1, 0.15) is 42.0 Å². The molecule has 7 heteroatoms. The summed E-state index contributed by atoms with van der Waals surface area (Å²) in [4.78, 5) is 25.0. The number of alkyl halides is 3. The average Bonchev–Trinajstić information content (AvgIpc) is 2.88. The third kappa shape index (κ3) is 2.57. The number of carbonyl (C=O) groups is 2. The second kappa shape index (κ2) is 5.42. The van der Waals surface area contributed by atoms with Gasteiger partial charge in [-0.05, 0) is 50.8 Å². The zero-order valence-electron chi connectivity index (χ0n) is 14.0. The van der Waals surface area contributed by atoms with Crippen LogP contribution in [0, 0.1) is 13.8 Å². The quantitative estimate of drug-likeness (QED) is 0.475. The Morgan fingerprint density at radius 1 is 1.24 bits per heavy atom. The number of halogens is 3. The van der Waals surface area contributed by atoms with Gasteiger partial charge in [-0.25, -0.2) is 0 Å². The molecule has 0 radical (unpaired) electrons. The Hall–Kier alpha value is -2.15. The van der Waals surface area contributed by atoms with E-state index in [0.717, 1.165) is 12.1 Å². The molecule has 2 aliphatic heterocycles. The number of hydrogen-bond donors (Lipinski definition) is 1. The molecular formula is C18H17F3O4. The van der Waals surface area contributed by atoms with Crippen LogP contribution in [0.25, 0.3) is 5.76 Å². The second-order valence-electron chi connectivity index (χ2n) is 6.70. The number of rotatable bonds is 1. The van der Waals surface area contributed by atoms with E-state index in [1.54, 1.807) is 6.92 Å². The highest BCUT2D eigenvalue weighted by Gasteiger charge is 2.54. The van der Waals surface area contributed by atoms with Crippen molar-refractivity contribution in [3.63, 3.8) is 0 Å². The molecule has 0 spiro atoms. The summed E-state index contributed by atoms with van der Waals surface area (Å²) in [5.74, 6) is -1.82. The summed E-state index contributed by atoms with van der Waals surface area (Å²) in [5.41, 5.74) is -2.20. The third-order valence-corrected chi connectivity index (χ3v) is 5.12. The molecule has 0 aliphatic carbocycles. The van der Waals surface area contributed by atoms with E-state index < -0.39 is 40.8 Å². The molecule has 1 aromatic rings. The standard InChI is InChI=1S/C18H17F3O4/c1-8-9(2)11(18(19,20)21)5-4-10(8)14(22)13-15(23)12-6-7-17(3,25-12)16(13)24/h4-5,12,22H,6-7H2,1-3H3. The zero-order valence-corrected chi connectivity index (χ0v) is 14.0. The van der Waals surface area contributed by atoms with E-state index in [0.29, 0.717) is 12.8 Å². The number of ether oxygens (including phenoxy) is 1. The van der Waals surface area contributed by atoms with Gasteiger partial charge in [0.15, 0.2) is 5.78 Å². The highest BCUT2D eigenvalue weighted by atomic mass is 19.4. The maximum absolute atomic E-state index is 13.0. The van der Waals surface area contributed by atoms with Gasteiger partial charge in [-0.3, -0.25) is 9.59 Å². The lowest BCUT2D eigenvalue weighted by Crippen LogP contribution is -2.46. The van der Waals surface area contributed by atoms with Gasteiger partial charge in [0.05, 0.1) is 5.56 Å². The van der Waals surface area contributed by atoms with Gasteiger partial charge in [0.25, 0.3) is 0 Å². The minimum atomic E-state index is -4.52. The molecule has 0 saturated carbocycles. The van der Waals surface area contributed by atoms with Gasteiger partial charge in [0.2, 0.25) is 5.78 Å². The maximum Gasteiger partial charge on any atom is 0.416 e. The fourth-order valence-corrected chi connectivity index (χ4v) is 3.47. The summed E-state index contributed by atoms with van der Waals surface area (Å²) >= 11 is 0. The van der Waals surface area contributed by atoms with Crippen LogP contribution in [0.3, 0.4) is 0 Å². The van der Waals surface area contributed by atoms with Gasteiger partial charge in [0.1, 0.15) is 23.0 Å². The molecule has 2 saturated heterocycles. The summed E-state index contributed by atoms with van der Waals surface area (Å²) in [7, 11) is 0. The third-order valence-electron chi connectivity index (χ3n) is 5.12. The molecule has 134 valence electrons. The topological polar surface area (TPSA) is 63.6 Å². The summed E-state index contributed by atoms with van der Waals surface area (Å²) < 4.78 is 44.5. The molecule has 2 atom stereocenters. The molecule has 1 aromatic carbocycles. The molecule has 2 aliphatic rings. The van der Waals surface area contributed by atoms with Crippen molar-refractivity contribution in [3.8, 4) is 0 Å². The smallest absolute Gasteiger partial charge is 0.416 e. The summed E-state index contributed by atoms with van der Waals surface area (Å²) in [6.45, 7) is 4.26. The van der Waals surface area contributed by atoms with E-state index >= 15 is 0 Å². The van der Waals surface area contributed by atoms with E-state index in [1.807, 2.05) is 0 Å². The molecule has 4 nitrogen and oxygen atoms in total. The van der Waals surface area contributed by atoms with Gasteiger partial charge in [-0.15, -0.1) is 0 Å². The van der Waals surface area contributed by atoms with E-state index in [2.05, 4.69) is 0 Å². The van der Waals surface area contributed by atoms with Crippen LogP contribution in [0.4, 0.5) is 13.2 Å². The molecular weight excluding hydrogens is 337 g/mol. The number of Topliss-reactive ketones (excluding diaryl/α,β-unsaturated/α-hetero) is 2. The highest BCUT2D eigenvalue weighted by Crippen LogP contribution is 2.42. The molecule has 1 N–H and O–H groups in total. The van der Waals surface area contributed by atoms with Crippen LogP contribution in [0.5, 0.6) is 0 Å². The molecule has 2 bridgehead atoms. The number of aliphatic hydroxyl groups excluding tert-OH is 1. The number of ketones is 2. The fraction of sp³-hybridized carbons (Fsp3) is 0.444. The molecule has 2 heterocycles. The molecule has 0 aromatic heterocycles. The fourth-order valence-electron chi connectivity index (χ4n) is 3.47. The Bertz CT molecular complexity index is 822. The summed E-state index contributed by atoms with van der Waals surface area (Å²) in [6.07, 6.45) is -4.57. The van der Waals surface area contributed by atoms with Crippen LogP contribution in [-0.2, 0) is 20.5 Å². The summed E-state index contributed by atoms with van der Waals surface area (Å²) in [6, 6.07) is 1.94. The van der Waals surface area contributed by atoms with Gasteiger partial charge in [-0.2, -0.15) is 13.2 Å². The zero-order chi connectivity index (χ0) is 18.7. The summed E-state index contributed by atoms with van der Waals surface area (Å²) in [5, 5.41) is 10.6. The van der Waals surface area contributed by atoms with Gasteiger partial charge >= 0.3 is 6.18 Å². The van der Waals surface area contributed by atoms with Crippen molar-refractivity contribution < 1.29 is 32.6 Å². The predicted molar refractivity (Wildman–Crippen MR) is 83.0 cm³/mol. The van der Waals surface area contributed by atoms with Crippen LogP contribution in [-0.4, -0.2) is 28.4 Å². The minimum absolute atomic E-state index is 0.0482. The number of carbonyl (C=O) groups excluding carboxylic acids is 2. The van der Waals surface area contributed by atoms with Crippen molar-refractivity contribution in [2.45, 2.75) is 51.5 Å². The maximum atomic E-state index is 13.0. The van der Waals surface area contributed by atoms with E-state index in [1.165, 1.54) is 13.8 Å². The van der Waals surface area contributed by atoms with Crippen molar-refractivity contribution in [1.82, 2.24) is 0 Å². The molecule has 2 unspecified atom stereocenters. The van der Waals surface area contributed by atoms with Crippen LogP contribution >= 0.6 is 0 Å². The monoisotopic (exact) mass is 354 g/mol. The van der Waals surface area contributed by atoms with Crippen molar-refractivity contribution in [3.05, 3.63) is 40.0 Å². The van der Waals surface area contributed by atoms with E-state index in [4.69, 9.17) is 4.74 Å². The number of benzene rings is 1. The SMILES string of the molecule is Cc1c(C(O)=C2C(=O)C3CCC(C)(O3)C2=O)ccc(C(F)(F)F)c1C. The molecule has 2 fully saturated rings. The number of hydrogen-bond acceptors (Lipinski definition) is 4. The number of fused-ring (bicyclic) bond motifs is 2. The predicted octanol–water partition coefficient (Wildman–Crippen LogP) is 3.68. The first-order valence-electron chi connectivity index (χ1n) is 7.85. The largest absolute Gasteiger partial charge is 0.506 e. The Morgan fingerprint density at radius 3 is 2.48 bits per heavy atom. The molecule has 25 heavy (non-hydrogen) atoms. The lowest BCUT2D eigenvalue weighted by Gasteiger charge is -2.29. The van der Waals surface area contributed by atoms with Crippen molar-refractivity contribution in [2.75, 3.05) is 0 Å². The van der Waals surface area contributed by atoms with Crippen LogP contribution < -0.4 is 0 Å². The molecule has 0 amide bonds. The van der Waals surface area contributed by atoms with Crippen molar-refractivity contribution in [2.24, 2.45) is 0 Å². The second-order valence-corrected chi connectivity index (χ2v) is 6.70.